The van der Waals surface area contributed by atoms with E-state index in [9.17, 15) is 4.79 Å². The predicted molar refractivity (Wildman–Crippen MR) is 83.6 cm³/mol. The van der Waals surface area contributed by atoms with Gasteiger partial charge < -0.3 is 14.8 Å². The molecule has 110 valence electrons. The number of amides is 1. The fourth-order valence-corrected chi connectivity index (χ4v) is 2.02. The van der Waals surface area contributed by atoms with Crippen molar-refractivity contribution < 1.29 is 14.3 Å². The number of rotatable bonds is 5. The van der Waals surface area contributed by atoms with Crippen molar-refractivity contribution in [3.63, 3.8) is 0 Å². The summed E-state index contributed by atoms with van der Waals surface area (Å²) in [5, 5.41) is 3.33. The van der Waals surface area contributed by atoms with Crippen LogP contribution in [-0.4, -0.2) is 19.6 Å². The number of halogens is 1. The van der Waals surface area contributed by atoms with E-state index in [1.165, 1.54) is 0 Å². The van der Waals surface area contributed by atoms with E-state index in [1.807, 2.05) is 13.0 Å². The van der Waals surface area contributed by atoms with Gasteiger partial charge in [-0.05, 0) is 37.3 Å². The van der Waals surface area contributed by atoms with Gasteiger partial charge in [0, 0.05) is 16.8 Å². The van der Waals surface area contributed by atoms with E-state index < -0.39 is 0 Å². The average Bonchev–Trinajstić information content (AvgIpc) is 2.48. The Balaban J connectivity index is 2.23. The Kier molecular flexibility index (Phi) is 5.06. The van der Waals surface area contributed by atoms with Gasteiger partial charge in [-0.15, -0.1) is 0 Å². The van der Waals surface area contributed by atoms with Crippen molar-refractivity contribution in [2.45, 2.75) is 6.92 Å². The van der Waals surface area contributed by atoms with Crippen molar-refractivity contribution >= 4 is 23.2 Å². The Hall–Kier alpha value is -2.20. The maximum atomic E-state index is 12.3. The average molecular weight is 306 g/mol. The van der Waals surface area contributed by atoms with Crippen LogP contribution in [0.3, 0.4) is 0 Å². The first kappa shape index (κ1) is 15.2. The molecule has 1 amide bonds. The molecule has 0 bridgehead atoms. The van der Waals surface area contributed by atoms with Crippen LogP contribution >= 0.6 is 11.6 Å². The van der Waals surface area contributed by atoms with Gasteiger partial charge in [-0.3, -0.25) is 4.79 Å². The number of nitrogens with one attached hydrogen (secondary N) is 1. The second-order valence-electron chi connectivity index (χ2n) is 4.26. The molecule has 0 aromatic heterocycles. The van der Waals surface area contributed by atoms with Gasteiger partial charge in [0.2, 0.25) is 0 Å². The predicted octanol–water partition coefficient (Wildman–Crippen LogP) is 4.00. The molecule has 2 rings (SSSR count). The number of carbonyl (C=O) groups excluding carboxylic acids is 1. The summed E-state index contributed by atoms with van der Waals surface area (Å²) in [5.74, 6) is 0.878. The first-order valence-corrected chi connectivity index (χ1v) is 6.89. The van der Waals surface area contributed by atoms with Crippen LogP contribution in [-0.2, 0) is 0 Å². The molecule has 0 aliphatic rings. The number of hydrogen-bond acceptors (Lipinski definition) is 3. The van der Waals surface area contributed by atoms with Crippen molar-refractivity contribution in [2.75, 3.05) is 19.0 Å². The van der Waals surface area contributed by atoms with Gasteiger partial charge in [0.05, 0.1) is 19.3 Å². The van der Waals surface area contributed by atoms with Crippen molar-refractivity contribution in [1.82, 2.24) is 0 Å². The minimum Gasteiger partial charge on any atom is -0.497 e. The van der Waals surface area contributed by atoms with E-state index in [0.717, 1.165) is 0 Å². The van der Waals surface area contributed by atoms with Gasteiger partial charge >= 0.3 is 0 Å². The van der Waals surface area contributed by atoms with E-state index in [2.05, 4.69) is 5.32 Å². The molecule has 0 spiro atoms. The molecule has 0 fully saturated rings. The van der Waals surface area contributed by atoms with Gasteiger partial charge in [-0.1, -0.05) is 17.7 Å². The summed E-state index contributed by atoms with van der Waals surface area (Å²) < 4.78 is 10.6. The fourth-order valence-electron chi connectivity index (χ4n) is 1.86. The van der Waals surface area contributed by atoms with E-state index in [-0.39, 0.29) is 5.91 Å². The number of ether oxygens (including phenoxy) is 2. The number of carbonyl (C=O) groups is 1. The Morgan fingerprint density at radius 3 is 2.76 bits per heavy atom. The third-order valence-corrected chi connectivity index (χ3v) is 3.05. The first-order valence-electron chi connectivity index (χ1n) is 6.51. The molecule has 0 atom stereocenters. The lowest BCUT2D eigenvalue weighted by atomic mass is 10.1. The Labute approximate surface area is 128 Å². The Morgan fingerprint density at radius 1 is 1.24 bits per heavy atom. The summed E-state index contributed by atoms with van der Waals surface area (Å²) in [6, 6.07) is 12.1. The molecule has 0 aliphatic heterocycles. The second kappa shape index (κ2) is 6.99. The highest BCUT2D eigenvalue weighted by Gasteiger charge is 2.13. The van der Waals surface area contributed by atoms with E-state index in [1.54, 1.807) is 43.5 Å². The van der Waals surface area contributed by atoms with Gasteiger partial charge in [-0.2, -0.15) is 0 Å². The molecule has 0 saturated heterocycles. The van der Waals surface area contributed by atoms with Gasteiger partial charge in [0.1, 0.15) is 11.5 Å². The van der Waals surface area contributed by atoms with Crippen molar-refractivity contribution in [3.05, 3.63) is 53.1 Å². The zero-order valence-electron chi connectivity index (χ0n) is 11.9. The quantitative estimate of drug-likeness (QED) is 0.908. The third-order valence-electron chi connectivity index (χ3n) is 2.82. The van der Waals surface area contributed by atoms with Crippen molar-refractivity contribution in [1.29, 1.82) is 0 Å². The number of anilines is 1. The van der Waals surface area contributed by atoms with Crippen LogP contribution in [0.25, 0.3) is 0 Å². The van der Waals surface area contributed by atoms with Gasteiger partial charge in [0.25, 0.3) is 5.91 Å². The van der Waals surface area contributed by atoms with Crippen LogP contribution in [0.2, 0.25) is 5.02 Å². The molecular formula is C16H16ClNO3. The van der Waals surface area contributed by atoms with Crippen LogP contribution in [0, 0.1) is 0 Å². The normalized spacial score (nSPS) is 10.0. The van der Waals surface area contributed by atoms with Crippen LogP contribution < -0.4 is 14.8 Å². The highest BCUT2D eigenvalue weighted by atomic mass is 35.5. The topological polar surface area (TPSA) is 47.6 Å². The van der Waals surface area contributed by atoms with Gasteiger partial charge in [-0.25, -0.2) is 0 Å². The summed E-state index contributed by atoms with van der Waals surface area (Å²) >= 11 is 5.93. The van der Waals surface area contributed by atoms with E-state index >= 15 is 0 Å². The first-order chi connectivity index (χ1) is 10.1. The molecule has 4 nitrogen and oxygen atoms in total. The molecule has 0 radical (unpaired) electrons. The minimum absolute atomic E-state index is 0.261. The summed E-state index contributed by atoms with van der Waals surface area (Å²) in [7, 11) is 1.58. The van der Waals surface area contributed by atoms with Crippen LogP contribution in [0.15, 0.2) is 42.5 Å². The summed E-state index contributed by atoms with van der Waals surface area (Å²) in [5.41, 5.74) is 1.08. The third kappa shape index (κ3) is 3.89. The lowest BCUT2D eigenvalue weighted by Gasteiger charge is -2.11. The fraction of sp³-hybridized carbons (Fsp3) is 0.188. The molecular weight excluding hydrogens is 290 g/mol. The molecule has 0 unspecified atom stereocenters. The molecule has 21 heavy (non-hydrogen) atoms. The molecule has 2 aromatic carbocycles. The maximum Gasteiger partial charge on any atom is 0.259 e. The maximum absolute atomic E-state index is 12.3. The lowest BCUT2D eigenvalue weighted by molar-refractivity contribution is 0.102. The summed E-state index contributed by atoms with van der Waals surface area (Å²) in [4.78, 5) is 12.3. The Morgan fingerprint density at radius 2 is 2.05 bits per heavy atom. The molecule has 0 saturated carbocycles. The largest absolute Gasteiger partial charge is 0.497 e. The van der Waals surface area contributed by atoms with Crippen LogP contribution in [0.4, 0.5) is 5.69 Å². The van der Waals surface area contributed by atoms with Gasteiger partial charge in [0.15, 0.2) is 0 Å². The van der Waals surface area contributed by atoms with Crippen LogP contribution in [0.1, 0.15) is 17.3 Å². The number of methoxy groups -OCH3 is 1. The van der Waals surface area contributed by atoms with E-state index in [0.29, 0.717) is 34.4 Å². The smallest absolute Gasteiger partial charge is 0.259 e. The zero-order valence-corrected chi connectivity index (χ0v) is 12.6. The van der Waals surface area contributed by atoms with E-state index in [4.69, 9.17) is 21.1 Å². The number of hydrogen-bond donors (Lipinski definition) is 1. The van der Waals surface area contributed by atoms with Crippen molar-refractivity contribution in [2.24, 2.45) is 0 Å². The molecule has 2 aromatic rings. The highest BCUT2D eigenvalue weighted by molar-refractivity contribution is 6.31. The zero-order chi connectivity index (χ0) is 15.2. The Bertz CT molecular complexity index is 643. The molecule has 0 aliphatic carbocycles. The molecule has 1 N–H and O–H groups in total. The SMILES string of the molecule is CCOc1cc(Cl)ccc1C(=O)Nc1cccc(OC)c1. The number of benzene rings is 2. The molecule has 0 heterocycles. The van der Waals surface area contributed by atoms with Crippen molar-refractivity contribution in [3.8, 4) is 11.5 Å². The summed E-state index contributed by atoms with van der Waals surface area (Å²) in [6.07, 6.45) is 0. The second-order valence-corrected chi connectivity index (χ2v) is 4.70. The standard InChI is InChI=1S/C16H16ClNO3/c1-3-21-15-9-11(17)7-8-14(15)16(19)18-12-5-4-6-13(10-12)20-2/h4-10H,3H2,1-2H3,(H,18,19). The lowest BCUT2D eigenvalue weighted by Crippen LogP contribution is -2.13. The summed E-state index contributed by atoms with van der Waals surface area (Å²) in [6.45, 7) is 2.31. The van der Waals surface area contributed by atoms with Crippen LogP contribution in [0.5, 0.6) is 11.5 Å². The minimum atomic E-state index is -0.261. The monoisotopic (exact) mass is 305 g/mol. The highest BCUT2D eigenvalue weighted by Crippen LogP contribution is 2.25. The molecule has 5 heteroatoms.